The van der Waals surface area contributed by atoms with E-state index in [2.05, 4.69) is 10.2 Å². The summed E-state index contributed by atoms with van der Waals surface area (Å²) in [6, 6.07) is -0.118. The highest BCUT2D eigenvalue weighted by Gasteiger charge is 2.37. The van der Waals surface area contributed by atoms with Crippen LogP contribution in [-0.4, -0.2) is 62.9 Å². The second-order valence-corrected chi connectivity index (χ2v) is 4.96. The number of esters is 1. The minimum Gasteiger partial charge on any atom is -0.465 e. The molecule has 2 aliphatic rings. The molecule has 0 aliphatic carbocycles. The lowest BCUT2D eigenvalue weighted by molar-refractivity contribution is -0.151. The third-order valence-corrected chi connectivity index (χ3v) is 3.71. The van der Waals surface area contributed by atoms with Crippen molar-refractivity contribution in [1.29, 1.82) is 0 Å². The fraction of sp³-hybridized carbons (Fsp3) is 0.923. The van der Waals surface area contributed by atoms with Crippen LogP contribution in [0.1, 0.15) is 19.8 Å². The van der Waals surface area contributed by atoms with Crippen molar-refractivity contribution >= 4 is 5.97 Å². The maximum atomic E-state index is 12.2. The highest BCUT2D eigenvalue weighted by Crippen LogP contribution is 2.23. The zero-order valence-electron chi connectivity index (χ0n) is 11.2. The molecule has 0 amide bonds. The molecule has 0 bridgehead atoms. The fourth-order valence-corrected chi connectivity index (χ4v) is 2.81. The predicted molar refractivity (Wildman–Crippen MR) is 68.4 cm³/mol. The van der Waals surface area contributed by atoms with E-state index >= 15 is 0 Å². The molecule has 2 saturated heterocycles. The lowest BCUT2D eigenvalue weighted by Gasteiger charge is -2.32. The molecular formula is C13H24N2O3. The number of ether oxygens (including phenoxy) is 2. The number of nitrogens with zero attached hydrogens (tertiary/aromatic N) is 1. The smallest absolute Gasteiger partial charge is 0.323 e. The van der Waals surface area contributed by atoms with Crippen LogP contribution in [0.4, 0.5) is 0 Å². The third-order valence-electron chi connectivity index (χ3n) is 3.71. The number of hydrogen-bond donors (Lipinski definition) is 1. The van der Waals surface area contributed by atoms with Gasteiger partial charge in [0.25, 0.3) is 0 Å². The normalized spacial score (nSPS) is 27.7. The summed E-state index contributed by atoms with van der Waals surface area (Å²) in [7, 11) is 0. The van der Waals surface area contributed by atoms with E-state index < -0.39 is 0 Å². The lowest BCUT2D eigenvalue weighted by atomic mass is 9.97. The van der Waals surface area contributed by atoms with Crippen molar-refractivity contribution in [1.82, 2.24) is 10.2 Å². The van der Waals surface area contributed by atoms with Crippen LogP contribution in [0, 0.1) is 5.92 Å². The molecule has 0 saturated carbocycles. The summed E-state index contributed by atoms with van der Waals surface area (Å²) >= 11 is 0. The molecule has 2 rings (SSSR count). The van der Waals surface area contributed by atoms with E-state index in [1.165, 1.54) is 0 Å². The fourth-order valence-electron chi connectivity index (χ4n) is 2.81. The van der Waals surface area contributed by atoms with Gasteiger partial charge >= 0.3 is 5.97 Å². The Morgan fingerprint density at radius 2 is 2.39 bits per heavy atom. The standard InChI is InChI=1S/C13H24N2O3/c1-2-18-13(16)12(11-4-9-17-10-11)15-7-3-5-14-6-8-15/h11-12,14H,2-10H2,1H3. The highest BCUT2D eigenvalue weighted by atomic mass is 16.5. The Labute approximate surface area is 109 Å². The molecule has 2 unspecified atom stereocenters. The molecule has 18 heavy (non-hydrogen) atoms. The molecule has 104 valence electrons. The van der Waals surface area contributed by atoms with E-state index in [-0.39, 0.29) is 12.0 Å². The first kappa shape index (κ1) is 13.8. The summed E-state index contributed by atoms with van der Waals surface area (Å²) in [6.45, 7) is 7.64. The highest BCUT2D eigenvalue weighted by molar-refractivity contribution is 5.76. The molecule has 1 N–H and O–H groups in total. The molecule has 2 fully saturated rings. The van der Waals surface area contributed by atoms with Crippen LogP contribution in [-0.2, 0) is 14.3 Å². The van der Waals surface area contributed by atoms with Gasteiger partial charge in [-0.2, -0.15) is 0 Å². The molecule has 0 aromatic rings. The summed E-state index contributed by atoms with van der Waals surface area (Å²) in [4.78, 5) is 14.5. The molecule has 5 nitrogen and oxygen atoms in total. The minimum absolute atomic E-state index is 0.0742. The predicted octanol–water partition coefficient (Wildman–Crippen LogP) is 0.250. The van der Waals surface area contributed by atoms with E-state index in [0.717, 1.165) is 45.6 Å². The van der Waals surface area contributed by atoms with Gasteiger partial charge in [-0.05, 0) is 26.3 Å². The van der Waals surface area contributed by atoms with Crippen molar-refractivity contribution in [3.05, 3.63) is 0 Å². The van der Waals surface area contributed by atoms with Gasteiger partial charge in [0.1, 0.15) is 6.04 Å². The van der Waals surface area contributed by atoms with Crippen LogP contribution in [0.15, 0.2) is 0 Å². The Bertz CT molecular complexity index is 259. The van der Waals surface area contributed by atoms with Crippen LogP contribution in [0.3, 0.4) is 0 Å². The van der Waals surface area contributed by atoms with Crippen molar-refractivity contribution in [2.24, 2.45) is 5.92 Å². The molecule has 2 aliphatic heterocycles. The first-order chi connectivity index (χ1) is 8.83. The number of carbonyl (C=O) groups excluding carboxylic acids is 1. The average Bonchev–Trinajstić information content (AvgIpc) is 2.74. The van der Waals surface area contributed by atoms with E-state index in [0.29, 0.717) is 19.1 Å². The number of carbonyl (C=O) groups is 1. The summed E-state index contributed by atoms with van der Waals surface area (Å²) in [5.41, 5.74) is 0. The van der Waals surface area contributed by atoms with Gasteiger partial charge in [-0.3, -0.25) is 9.69 Å². The second-order valence-electron chi connectivity index (χ2n) is 4.96. The summed E-state index contributed by atoms with van der Waals surface area (Å²) in [5, 5.41) is 3.37. The Balaban J connectivity index is 2.03. The first-order valence-electron chi connectivity index (χ1n) is 7.02. The third kappa shape index (κ3) is 3.43. The number of nitrogens with one attached hydrogen (secondary N) is 1. The monoisotopic (exact) mass is 256 g/mol. The van der Waals surface area contributed by atoms with Gasteiger partial charge < -0.3 is 14.8 Å². The Kier molecular flexibility index (Phi) is 5.41. The van der Waals surface area contributed by atoms with Crippen LogP contribution < -0.4 is 5.32 Å². The van der Waals surface area contributed by atoms with Crippen LogP contribution in [0.5, 0.6) is 0 Å². The molecule has 2 heterocycles. The first-order valence-corrected chi connectivity index (χ1v) is 7.02. The zero-order chi connectivity index (χ0) is 12.8. The summed E-state index contributed by atoms with van der Waals surface area (Å²) in [5.74, 6) is 0.219. The maximum absolute atomic E-state index is 12.2. The van der Waals surface area contributed by atoms with Gasteiger partial charge in [-0.1, -0.05) is 0 Å². The zero-order valence-corrected chi connectivity index (χ0v) is 11.2. The second kappa shape index (κ2) is 7.07. The SMILES string of the molecule is CCOC(=O)C(C1CCOC1)N1CCCNCC1. The minimum atomic E-state index is -0.118. The number of hydrogen-bond acceptors (Lipinski definition) is 5. The molecule has 0 spiro atoms. The van der Waals surface area contributed by atoms with E-state index in [4.69, 9.17) is 9.47 Å². The van der Waals surface area contributed by atoms with Crippen LogP contribution in [0.25, 0.3) is 0 Å². The molecule has 2 atom stereocenters. The van der Waals surface area contributed by atoms with Crippen LogP contribution in [0.2, 0.25) is 0 Å². The summed E-state index contributed by atoms with van der Waals surface area (Å²) < 4.78 is 10.7. The average molecular weight is 256 g/mol. The lowest BCUT2D eigenvalue weighted by Crippen LogP contribution is -2.48. The molecular weight excluding hydrogens is 232 g/mol. The van der Waals surface area contributed by atoms with Crippen molar-refractivity contribution in [3.8, 4) is 0 Å². The van der Waals surface area contributed by atoms with Crippen molar-refractivity contribution < 1.29 is 14.3 Å². The van der Waals surface area contributed by atoms with Gasteiger partial charge in [-0.25, -0.2) is 0 Å². The van der Waals surface area contributed by atoms with E-state index in [1.54, 1.807) is 0 Å². The Morgan fingerprint density at radius 3 is 3.11 bits per heavy atom. The Hall–Kier alpha value is -0.650. The van der Waals surface area contributed by atoms with E-state index in [1.807, 2.05) is 6.92 Å². The van der Waals surface area contributed by atoms with Crippen molar-refractivity contribution in [3.63, 3.8) is 0 Å². The van der Waals surface area contributed by atoms with Gasteiger partial charge in [-0.15, -0.1) is 0 Å². The van der Waals surface area contributed by atoms with Gasteiger partial charge in [0.05, 0.1) is 13.2 Å². The van der Waals surface area contributed by atoms with E-state index in [9.17, 15) is 4.79 Å². The topological polar surface area (TPSA) is 50.8 Å². The molecule has 5 heteroatoms. The largest absolute Gasteiger partial charge is 0.465 e. The number of rotatable bonds is 4. The van der Waals surface area contributed by atoms with Crippen molar-refractivity contribution in [2.45, 2.75) is 25.8 Å². The van der Waals surface area contributed by atoms with Gasteiger partial charge in [0.2, 0.25) is 0 Å². The quantitative estimate of drug-likeness (QED) is 0.731. The molecule has 0 radical (unpaired) electrons. The summed E-state index contributed by atoms with van der Waals surface area (Å²) in [6.07, 6.45) is 2.05. The van der Waals surface area contributed by atoms with Gasteiger partial charge in [0, 0.05) is 32.2 Å². The molecule has 0 aromatic carbocycles. The maximum Gasteiger partial charge on any atom is 0.323 e. The van der Waals surface area contributed by atoms with Crippen LogP contribution >= 0.6 is 0 Å². The van der Waals surface area contributed by atoms with Gasteiger partial charge in [0.15, 0.2) is 0 Å². The molecule has 0 aromatic heterocycles. The Morgan fingerprint density at radius 1 is 1.50 bits per heavy atom. The van der Waals surface area contributed by atoms with Crippen molar-refractivity contribution in [2.75, 3.05) is 46.0 Å².